The molecule has 0 saturated heterocycles. The molecule has 0 aliphatic rings. The summed E-state index contributed by atoms with van der Waals surface area (Å²) in [5.41, 5.74) is 2.45. The average molecular weight is 375 g/mol. The highest BCUT2D eigenvalue weighted by molar-refractivity contribution is 6.00. The second-order valence-corrected chi connectivity index (χ2v) is 6.18. The molecule has 0 unspecified atom stereocenters. The molecule has 0 saturated carbocycles. The van der Waals surface area contributed by atoms with E-state index in [-0.39, 0.29) is 30.5 Å². The Hall–Kier alpha value is -3.54. The van der Waals surface area contributed by atoms with E-state index in [0.717, 1.165) is 6.42 Å². The lowest BCUT2D eigenvalue weighted by Crippen LogP contribution is -2.13. The molecule has 3 rings (SSSR count). The second kappa shape index (κ2) is 9.41. The second-order valence-electron chi connectivity index (χ2n) is 6.18. The van der Waals surface area contributed by atoms with Crippen LogP contribution >= 0.6 is 0 Å². The molecule has 6 heteroatoms. The molecule has 0 radical (unpaired) electrons. The molecule has 1 N–H and O–H groups in total. The topological polar surface area (TPSA) is 81.2 Å². The molecule has 0 aliphatic carbocycles. The molecule has 0 fully saturated rings. The fraction of sp³-hybridized carbons (Fsp3) is 0.182. The van der Waals surface area contributed by atoms with E-state index >= 15 is 0 Å². The number of ketones is 1. The Morgan fingerprint density at radius 1 is 0.929 bits per heavy atom. The minimum absolute atomic E-state index is 0.0376. The van der Waals surface area contributed by atoms with Crippen molar-refractivity contribution >= 4 is 17.4 Å². The van der Waals surface area contributed by atoms with Crippen LogP contribution in [0.2, 0.25) is 0 Å². The Morgan fingerprint density at radius 3 is 2.25 bits per heavy atom. The van der Waals surface area contributed by atoms with Gasteiger partial charge in [-0.15, -0.1) is 0 Å². The van der Waals surface area contributed by atoms with Crippen molar-refractivity contribution in [3.63, 3.8) is 0 Å². The standard InChI is InChI=1S/C22H21N3O3/c1-2-16-4-6-17(7-5-16)20(26)12-13-21(27)25-18-8-10-19(11-9-18)28-22-23-14-3-15-24-22/h3-11,14-15H,2,12-13H2,1H3,(H,25,27). The normalized spacial score (nSPS) is 10.3. The summed E-state index contributed by atoms with van der Waals surface area (Å²) in [5, 5.41) is 2.78. The number of carbonyl (C=O) groups is 2. The van der Waals surface area contributed by atoms with E-state index in [4.69, 9.17) is 4.74 Å². The van der Waals surface area contributed by atoms with Gasteiger partial charge in [0.1, 0.15) is 5.75 Å². The third kappa shape index (κ3) is 5.48. The number of aromatic nitrogens is 2. The molecule has 1 amide bonds. The highest BCUT2D eigenvalue weighted by Gasteiger charge is 2.10. The molecular formula is C22H21N3O3. The quantitative estimate of drug-likeness (QED) is 0.589. The van der Waals surface area contributed by atoms with E-state index in [9.17, 15) is 9.59 Å². The van der Waals surface area contributed by atoms with Crippen molar-refractivity contribution in [3.8, 4) is 11.8 Å². The van der Waals surface area contributed by atoms with Crippen molar-refractivity contribution in [1.29, 1.82) is 0 Å². The van der Waals surface area contributed by atoms with Crippen LogP contribution in [0.3, 0.4) is 0 Å². The lowest BCUT2D eigenvalue weighted by molar-refractivity contribution is -0.116. The summed E-state index contributed by atoms with van der Waals surface area (Å²) in [6.07, 6.45) is 4.42. The van der Waals surface area contributed by atoms with Gasteiger partial charge >= 0.3 is 6.01 Å². The number of Topliss-reactive ketones (excluding diaryl/α,β-unsaturated/α-hetero) is 1. The average Bonchev–Trinajstić information content (AvgIpc) is 2.74. The van der Waals surface area contributed by atoms with Gasteiger partial charge in [-0.25, -0.2) is 9.97 Å². The van der Waals surface area contributed by atoms with Gasteiger partial charge in [-0.2, -0.15) is 0 Å². The summed E-state index contributed by atoms with van der Waals surface area (Å²) < 4.78 is 5.50. The number of benzene rings is 2. The first kappa shape index (κ1) is 19.2. The number of carbonyl (C=O) groups excluding carboxylic acids is 2. The number of hydrogen-bond acceptors (Lipinski definition) is 5. The lowest BCUT2D eigenvalue weighted by atomic mass is 10.0. The molecule has 6 nitrogen and oxygen atoms in total. The SMILES string of the molecule is CCc1ccc(C(=O)CCC(=O)Nc2ccc(Oc3ncccn3)cc2)cc1. The van der Waals surface area contributed by atoms with E-state index in [2.05, 4.69) is 22.2 Å². The van der Waals surface area contributed by atoms with Gasteiger partial charge in [0.15, 0.2) is 5.78 Å². The summed E-state index contributed by atoms with van der Waals surface area (Å²) in [5.74, 6) is 0.318. The lowest BCUT2D eigenvalue weighted by Gasteiger charge is -2.07. The van der Waals surface area contributed by atoms with Crippen LogP contribution < -0.4 is 10.1 Å². The first-order chi connectivity index (χ1) is 13.6. The molecule has 2 aromatic carbocycles. The molecule has 0 bridgehead atoms. The van der Waals surface area contributed by atoms with E-state index in [1.54, 1.807) is 42.7 Å². The minimum atomic E-state index is -0.210. The van der Waals surface area contributed by atoms with Crippen LogP contribution in [0.5, 0.6) is 11.8 Å². The van der Waals surface area contributed by atoms with Crippen molar-refractivity contribution in [2.45, 2.75) is 26.2 Å². The molecule has 0 atom stereocenters. The molecular weight excluding hydrogens is 354 g/mol. The van der Waals surface area contributed by atoms with Gasteiger partial charge in [-0.3, -0.25) is 9.59 Å². The molecule has 1 heterocycles. The zero-order chi connectivity index (χ0) is 19.8. The predicted octanol–water partition coefficient (Wildman–Crippen LogP) is 4.43. The molecule has 1 aromatic heterocycles. The Bertz CT molecular complexity index is 924. The smallest absolute Gasteiger partial charge is 0.321 e. The summed E-state index contributed by atoms with van der Waals surface area (Å²) >= 11 is 0. The maximum Gasteiger partial charge on any atom is 0.321 e. The zero-order valence-corrected chi connectivity index (χ0v) is 15.6. The van der Waals surface area contributed by atoms with Crippen molar-refractivity contribution in [2.75, 3.05) is 5.32 Å². The summed E-state index contributed by atoms with van der Waals surface area (Å²) in [4.78, 5) is 32.3. The number of nitrogens with zero attached hydrogens (tertiary/aromatic N) is 2. The van der Waals surface area contributed by atoms with Crippen LogP contribution in [0.4, 0.5) is 5.69 Å². The fourth-order valence-corrected chi connectivity index (χ4v) is 2.57. The zero-order valence-electron chi connectivity index (χ0n) is 15.6. The van der Waals surface area contributed by atoms with Crippen LogP contribution in [0.1, 0.15) is 35.7 Å². The van der Waals surface area contributed by atoms with Crippen molar-refractivity contribution in [1.82, 2.24) is 9.97 Å². The van der Waals surface area contributed by atoms with Crippen LogP contribution in [0.25, 0.3) is 0 Å². The number of anilines is 1. The third-order valence-electron chi connectivity index (χ3n) is 4.15. The maximum atomic E-state index is 12.2. The van der Waals surface area contributed by atoms with Crippen molar-refractivity contribution in [2.24, 2.45) is 0 Å². The molecule has 0 aliphatic heterocycles. The first-order valence-electron chi connectivity index (χ1n) is 9.11. The molecule has 3 aromatic rings. The van der Waals surface area contributed by atoms with Gasteiger partial charge in [0.05, 0.1) is 0 Å². The van der Waals surface area contributed by atoms with Crippen LogP contribution in [0.15, 0.2) is 67.0 Å². The monoisotopic (exact) mass is 375 g/mol. The largest absolute Gasteiger partial charge is 0.424 e. The van der Waals surface area contributed by atoms with E-state index < -0.39 is 0 Å². The highest BCUT2D eigenvalue weighted by Crippen LogP contribution is 2.20. The number of hydrogen-bond donors (Lipinski definition) is 1. The number of ether oxygens (including phenoxy) is 1. The van der Waals surface area contributed by atoms with E-state index in [1.807, 2.05) is 24.3 Å². The van der Waals surface area contributed by atoms with Gasteiger partial charge in [0.25, 0.3) is 0 Å². The number of nitrogens with one attached hydrogen (secondary N) is 1. The molecule has 142 valence electrons. The Labute approximate surface area is 163 Å². The van der Waals surface area contributed by atoms with E-state index in [0.29, 0.717) is 17.0 Å². The number of amides is 1. The Morgan fingerprint density at radius 2 is 1.61 bits per heavy atom. The Balaban J connectivity index is 1.48. The van der Waals surface area contributed by atoms with E-state index in [1.165, 1.54) is 5.56 Å². The van der Waals surface area contributed by atoms with Gasteiger partial charge < -0.3 is 10.1 Å². The van der Waals surface area contributed by atoms with Crippen LogP contribution in [0, 0.1) is 0 Å². The van der Waals surface area contributed by atoms with Gasteiger partial charge in [-0.1, -0.05) is 31.2 Å². The maximum absolute atomic E-state index is 12.2. The highest BCUT2D eigenvalue weighted by atomic mass is 16.5. The van der Waals surface area contributed by atoms with Gasteiger partial charge in [-0.05, 0) is 42.3 Å². The van der Waals surface area contributed by atoms with Crippen LogP contribution in [-0.4, -0.2) is 21.7 Å². The van der Waals surface area contributed by atoms with Crippen LogP contribution in [-0.2, 0) is 11.2 Å². The first-order valence-corrected chi connectivity index (χ1v) is 9.11. The molecule has 0 spiro atoms. The Kier molecular flexibility index (Phi) is 6.46. The van der Waals surface area contributed by atoms with Crippen molar-refractivity contribution in [3.05, 3.63) is 78.1 Å². The van der Waals surface area contributed by atoms with Gasteiger partial charge in [0, 0.05) is 36.5 Å². The predicted molar refractivity (Wildman–Crippen MR) is 107 cm³/mol. The summed E-state index contributed by atoms with van der Waals surface area (Å²) in [6, 6.07) is 16.3. The molecule has 28 heavy (non-hydrogen) atoms. The number of aryl methyl sites for hydroxylation is 1. The fourth-order valence-electron chi connectivity index (χ4n) is 2.57. The summed E-state index contributed by atoms with van der Waals surface area (Å²) in [6.45, 7) is 2.06. The van der Waals surface area contributed by atoms with Gasteiger partial charge in [0.2, 0.25) is 5.91 Å². The third-order valence-corrected chi connectivity index (χ3v) is 4.15. The summed E-state index contributed by atoms with van der Waals surface area (Å²) in [7, 11) is 0. The minimum Gasteiger partial charge on any atom is -0.424 e. The number of rotatable bonds is 8. The van der Waals surface area contributed by atoms with Crippen molar-refractivity contribution < 1.29 is 14.3 Å².